The molecule has 0 aliphatic rings. The highest BCUT2D eigenvalue weighted by atomic mass is 35.5. The van der Waals surface area contributed by atoms with E-state index in [0.29, 0.717) is 28.5 Å². The van der Waals surface area contributed by atoms with Gasteiger partial charge >= 0.3 is 0 Å². The minimum Gasteiger partial charge on any atom is -0.352 e. The topological polar surface area (TPSA) is 86.8 Å². The molecule has 0 saturated carbocycles. The second-order valence-electron chi connectivity index (χ2n) is 8.74. The first-order valence-corrected chi connectivity index (χ1v) is 14.3. The third-order valence-electron chi connectivity index (χ3n) is 6.06. The lowest BCUT2D eigenvalue weighted by atomic mass is 10.1. The van der Waals surface area contributed by atoms with E-state index in [9.17, 15) is 18.0 Å². The SMILES string of the molecule is CC[C@H](C(=O)N[C@@H](C)CC)N(Cc1ccc(Cl)cc1Cl)C(=O)CCCN(C)S(=O)(=O)c1ccccc1. The van der Waals surface area contributed by atoms with Crippen LogP contribution in [0.2, 0.25) is 10.0 Å². The van der Waals surface area contributed by atoms with Crippen LogP contribution in [0.15, 0.2) is 53.4 Å². The van der Waals surface area contributed by atoms with E-state index in [2.05, 4.69) is 5.32 Å². The summed E-state index contributed by atoms with van der Waals surface area (Å²) in [6, 6.07) is 12.5. The van der Waals surface area contributed by atoms with Gasteiger partial charge in [0.15, 0.2) is 0 Å². The maximum absolute atomic E-state index is 13.4. The van der Waals surface area contributed by atoms with E-state index < -0.39 is 16.1 Å². The van der Waals surface area contributed by atoms with Crippen molar-refractivity contribution in [1.29, 1.82) is 0 Å². The predicted molar refractivity (Wildman–Crippen MR) is 144 cm³/mol. The molecule has 0 saturated heterocycles. The fraction of sp³-hybridized carbons (Fsp3) is 0.462. The highest BCUT2D eigenvalue weighted by molar-refractivity contribution is 7.89. The van der Waals surface area contributed by atoms with E-state index in [1.807, 2.05) is 20.8 Å². The molecular weight excluding hydrogens is 521 g/mol. The molecule has 0 heterocycles. The minimum absolute atomic E-state index is 0.0283. The van der Waals surface area contributed by atoms with Crippen LogP contribution in [-0.4, -0.2) is 55.1 Å². The van der Waals surface area contributed by atoms with Crippen molar-refractivity contribution < 1.29 is 18.0 Å². The summed E-state index contributed by atoms with van der Waals surface area (Å²) in [4.78, 5) is 28.2. The number of sulfonamides is 1. The Morgan fingerprint density at radius 2 is 1.69 bits per heavy atom. The van der Waals surface area contributed by atoms with Crippen LogP contribution in [0.25, 0.3) is 0 Å². The lowest BCUT2D eigenvalue weighted by Crippen LogP contribution is -2.50. The van der Waals surface area contributed by atoms with Gasteiger partial charge in [0.1, 0.15) is 6.04 Å². The van der Waals surface area contributed by atoms with Gasteiger partial charge in [-0.25, -0.2) is 12.7 Å². The zero-order chi connectivity index (χ0) is 26.9. The van der Waals surface area contributed by atoms with Crippen LogP contribution in [0.3, 0.4) is 0 Å². The first kappa shape index (κ1) is 30.1. The molecule has 1 N–H and O–H groups in total. The Bertz CT molecular complexity index is 1130. The van der Waals surface area contributed by atoms with Gasteiger partial charge in [0.25, 0.3) is 0 Å². The van der Waals surface area contributed by atoms with E-state index in [1.165, 1.54) is 28.4 Å². The van der Waals surface area contributed by atoms with Gasteiger partial charge in [0, 0.05) is 42.6 Å². The van der Waals surface area contributed by atoms with Gasteiger partial charge in [0.05, 0.1) is 4.90 Å². The van der Waals surface area contributed by atoms with Crippen molar-refractivity contribution in [3.05, 3.63) is 64.1 Å². The van der Waals surface area contributed by atoms with Gasteiger partial charge in [-0.2, -0.15) is 0 Å². The fourth-order valence-corrected chi connectivity index (χ4v) is 5.38. The molecule has 2 aromatic carbocycles. The summed E-state index contributed by atoms with van der Waals surface area (Å²) in [6.45, 7) is 6.04. The summed E-state index contributed by atoms with van der Waals surface area (Å²) in [5, 5.41) is 3.85. The van der Waals surface area contributed by atoms with Crippen molar-refractivity contribution in [3.8, 4) is 0 Å². The van der Waals surface area contributed by atoms with Gasteiger partial charge in [0.2, 0.25) is 21.8 Å². The van der Waals surface area contributed by atoms with Gasteiger partial charge in [-0.05, 0) is 56.0 Å². The molecule has 0 fully saturated rings. The lowest BCUT2D eigenvalue weighted by Gasteiger charge is -2.32. The molecule has 0 spiro atoms. The molecule has 0 aromatic heterocycles. The van der Waals surface area contributed by atoms with Crippen molar-refractivity contribution in [1.82, 2.24) is 14.5 Å². The van der Waals surface area contributed by atoms with Gasteiger partial charge in [-0.15, -0.1) is 0 Å². The fourth-order valence-electron chi connectivity index (χ4n) is 3.68. The molecule has 2 amide bonds. The van der Waals surface area contributed by atoms with Crippen LogP contribution in [0.5, 0.6) is 0 Å². The number of amides is 2. The summed E-state index contributed by atoms with van der Waals surface area (Å²) in [7, 11) is -2.16. The largest absolute Gasteiger partial charge is 0.352 e. The van der Waals surface area contributed by atoms with Gasteiger partial charge in [-0.3, -0.25) is 9.59 Å². The Morgan fingerprint density at radius 3 is 2.28 bits per heavy atom. The summed E-state index contributed by atoms with van der Waals surface area (Å²) in [5.41, 5.74) is 0.674. The van der Waals surface area contributed by atoms with Crippen LogP contribution in [0.1, 0.15) is 52.0 Å². The quantitative estimate of drug-likeness (QED) is 0.371. The van der Waals surface area contributed by atoms with Gasteiger partial charge < -0.3 is 10.2 Å². The Balaban J connectivity index is 2.18. The first-order chi connectivity index (χ1) is 17.0. The van der Waals surface area contributed by atoms with E-state index in [-0.39, 0.29) is 42.3 Å². The Kier molecular flexibility index (Phi) is 11.7. The van der Waals surface area contributed by atoms with Crippen LogP contribution >= 0.6 is 23.2 Å². The molecular formula is C26H35Cl2N3O4S. The third-order valence-corrected chi connectivity index (χ3v) is 8.52. The summed E-state index contributed by atoms with van der Waals surface area (Å²) in [5.74, 6) is -0.480. The van der Waals surface area contributed by atoms with Crippen molar-refractivity contribution in [2.24, 2.45) is 0 Å². The predicted octanol–water partition coefficient (Wildman–Crippen LogP) is 5.12. The standard InChI is InChI=1S/C26H35Cl2N3O4S/c1-5-19(3)29-26(33)24(6-2)31(18-20-14-15-21(27)17-23(20)28)25(32)13-10-16-30(4)36(34,35)22-11-8-7-9-12-22/h7-9,11-12,14-15,17,19,24H,5-6,10,13,16,18H2,1-4H3,(H,29,33)/t19-,24+/m0/s1. The van der Waals surface area contributed by atoms with Crippen molar-refractivity contribution in [3.63, 3.8) is 0 Å². The van der Waals surface area contributed by atoms with E-state index in [1.54, 1.807) is 36.4 Å². The van der Waals surface area contributed by atoms with Crippen molar-refractivity contribution in [2.45, 2.75) is 70.0 Å². The number of nitrogens with one attached hydrogen (secondary N) is 1. The summed E-state index contributed by atoms with van der Waals surface area (Å²) < 4.78 is 26.8. The Labute approximate surface area is 224 Å². The summed E-state index contributed by atoms with van der Waals surface area (Å²) in [6.07, 6.45) is 1.56. The number of hydrogen-bond acceptors (Lipinski definition) is 4. The molecule has 0 unspecified atom stereocenters. The molecule has 7 nitrogen and oxygen atoms in total. The molecule has 198 valence electrons. The normalized spacial score (nSPS) is 13.3. The molecule has 2 aromatic rings. The molecule has 0 bridgehead atoms. The highest BCUT2D eigenvalue weighted by Gasteiger charge is 2.30. The molecule has 2 rings (SSSR count). The van der Waals surface area contributed by atoms with Crippen LogP contribution in [-0.2, 0) is 26.2 Å². The smallest absolute Gasteiger partial charge is 0.243 e. The number of nitrogens with zero attached hydrogens (tertiary/aromatic N) is 2. The molecule has 0 aliphatic heterocycles. The lowest BCUT2D eigenvalue weighted by molar-refractivity contribution is -0.141. The average molecular weight is 557 g/mol. The van der Waals surface area contributed by atoms with E-state index >= 15 is 0 Å². The number of rotatable bonds is 13. The second kappa shape index (κ2) is 14.0. The Morgan fingerprint density at radius 1 is 1.03 bits per heavy atom. The van der Waals surface area contributed by atoms with Crippen LogP contribution in [0.4, 0.5) is 0 Å². The third kappa shape index (κ3) is 8.20. The van der Waals surface area contributed by atoms with Crippen LogP contribution < -0.4 is 5.32 Å². The van der Waals surface area contributed by atoms with Crippen molar-refractivity contribution >= 4 is 45.0 Å². The Hall–Kier alpha value is -2.13. The zero-order valence-electron chi connectivity index (χ0n) is 21.2. The number of hydrogen-bond donors (Lipinski definition) is 1. The van der Waals surface area contributed by atoms with E-state index in [0.717, 1.165) is 6.42 Å². The molecule has 0 aliphatic carbocycles. The molecule has 2 atom stereocenters. The maximum Gasteiger partial charge on any atom is 0.243 e. The zero-order valence-corrected chi connectivity index (χ0v) is 23.5. The molecule has 0 radical (unpaired) electrons. The highest BCUT2D eigenvalue weighted by Crippen LogP contribution is 2.24. The van der Waals surface area contributed by atoms with Gasteiger partial charge in [-0.1, -0.05) is 61.3 Å². The number of benzene rings is 2. The average Bonchev–Trinajstić information content (AvgIpc) is 2.85. The van der Waals surface area contributed by atoms with Crippen LogP contribution in [0, 0.1) is 0 Å². The minimum atomic E-state index is -3.65. The van der Waals surface area contributed by atoms with Crippen molar-refractivity contribution in [2.75, 3.05) is 13.6 Å². The second-order valence-corrected chi connectivity index (χ2v) is 11.6. The molecule has 10 heteroatoms. The maximum atomic E-state index is 13.4. The number of carbonyl (C=O) groups excluding carboxylic acids is 2. The monoisotopic (exact) mass is 555 g/mol. The first-order valence-electron chi connectivity index (χ1n) is 12.1. The number of carbonyl (C=O) groups is 2. The van der Waals surface area contributed by atoms with E-state index in [4.69, 9.17) is 23.2 Å². The molecule has 36 heavy (non-hydrogen) atoms. The number of halogens is 2. The summed E-state index contributed by atoms with van der Waals surface area (Å²) >= 11 is 12.4.